The molecule has 0 saturated carbocycles. The summed E-state index contributed by atoms with van der Waals surface area (Å²) in [5, 5.41) is 12.9. The van der Waals surface area contributed by atoms with Gasteiger partial charge in [-0.3, -0.25) is 4.68 Å². The highest BCUT2D eigenvalue weighted by molar-refractivity contribution is 5.88. The average Bonchev–Trinajstić information content (AvgIpc) is 2.46. The number of aromatic nitrogens is 2. The van der Waals surface area contributed by atoms with E-state index in [1.54, 1.807) is 17.8 Å². The first-order chi connectivity index (χ1) is 6.54. The molecule has 1 heterocycles. The molecule has 1 aromatic heterocycles. The van der Waals surface area contributed by atoms with Gasteiger partial charge in [-0.15, -0.1) is 0 Å². The van der Waals surface area contributed by atoms with Crippen LogP contribution >= 0.6 is 0 Å². The molecule has 0 aromatic carbocycles. The minimum Gasteiger partial charge on any atom is -0.478 e. The monoisotopic (exact) mass is 194 g/mol. The Bertz CT molecular complexity index is 366. The highest BCUT2D eigenvalue weighted by Crippen LogP contribution is 2.08. The Morgan fingerprint density at radius 3 is 2.79 bits per heavy atom. The summed E-state index contributed by atoms with van der Waals surface area (Å²) in [5.41, 5.74) is 1.83. The van der Waals surface area contributed by atoms with Crippen molar-refractivity contribution in [3.8, 4) is 0 Å². The molecule has 1 aromatic rings. The zero-order valence-corrected chi connectivity index (χ0v) is 8.45. The summed E-state index contributed by atoms with van der Waals surface area (Å²) in [5.74, 6) is -0.934. The number of hydrogen-bond acceptors (Lipinski definition) is 2. The van der Waals surface area contributed by atoms with Crippen LogP contribution in [0, 0.1) is 6.92 Å². The first kappa shape index (κ1) is 10.5. The summed E-state index contributed by atoms with van der Waals surface area (Å²) < 4.78 is 1.62. The maximum atomic E-state index is 10.7. The predicted molar refractivity (Wildman–Crippen MR) is 53.4 cm³/mol. The number of allylic oxidation sites excluding steroid dienone is 1. The van der Waals surface area contributed by atoms with E-state index in [0.717, 1.165) is 12.0 Å². The van der Waals surface area contributed by atoms with Crippen LogP contribution in [-0.2, 0) is 6.54 Å². The van der Waals surface area contributed by atoms with Crippen LogP contribution in [0.3, 0.4) is 0 Å². The van der Waals surface area contributed by atoms with E-state index in [1.807, 2.05) is 6.92 Å². The number of nitrogens with zero attached hydrogens (tertiary/aromatic N) is 2. The molecule has 0 amide bonds. The number of rotatable bonds is 4. The van der Waals surface area contributed by atoms with Gasteiger partial charge >= 0.3 is 5.97 Å². The maximum Gasteiger partial charge on any atom is 0.339 e. The largest absolute Gasteiger partial charge is 0.478 e. The summed E-state index contributed by atoms with van der Waals surface area (Å²) >= 11 is 0. The van der Waals surface area contributed by atoms with Crippen molar-refractivity contribution < 1.29 is 9.90 Å². The molecule has 4 nitrogen and oxygen atoms in total. The summed E-state index contributed by atoms with van der Waals surface area (Å²) in [6, 6.07) is 0. The number of aromatic carboxylic acids is 1. The van der Waals surface area contributed by atoms with Crippen LogP contribution in [0.2, 0.25) is 0 Å². The molecule has 0 bridgehead atoms. The Morgan fingerprint density at radius 2 is 2.36 bits per heavy atom. The quantitative estimate of drug-likeness (QED) is 0.744. The molecule has 0 saturated heterocycles. The highest BCUT2D eigenvalue weighted by Gasteiger charge is 2.11. The average molecular weight is 194 g/mol. The molecular weight excluding hydrogens is 180 g/mol. The first-order valence-corrected chi connectivity index (χ1v) is 4.48. The van der Waals surface area contributed by atoms with Crippen molar-refractivity contribution in [2.24, 2.45) is 0 Å². The Hall–Kier alpha value is -1.58. The van der Waals surface area contributed by atoms with Crippen LogP contribution < -0.4 is 0 Å². The standard InChI is InChI=1S/C10H14N2O2/c1-4-7(2)5-12-6-9(10(13)14)8(3)11-12/h6H,2,4-5H2,1,3H3,(H,13,14). The molecule has 1 rings (SSSR count). The van der Waals surface area contributed by atoms with Gasteiger partial charge in [0.1, 0.15) is 5.56 Å². The molecule has 76 valence electrons. The van der Waals surface area contributed by atoms with Gasteiger partial charge in [0.15, 0.2) is 0 Å². The molecule has 0 spiro atoms. The molecule has 0 atom stereocenters. The van der Waals surface area contributed by atoms with Crippen LogP contribution in [0.25, 0.3) is 0 Å². The second-order valence-corrected chi connectivity index (χ2v) is 3.23. The van der Waals surface area contributed by atoms with Crippen molar-refractivity contribution in [2.45, 2.75) is 26.8 Å². The van der Waals surface area contributed by atoms with Gasteiger partial charge in [0.05, 0.1) is 12.2 Å². The normalized spacial score (nSPS) is 10.1. The van der Waals surface area contributed by atoms with Gasteiger partial charge in [0.2, 0.25) is 0 Å². The number of hydrogen-bond donors (Lipinski definition) is 1. The summed E-state index contributed by atoms with van der Waals surface area (Å²) in [4.78, 5) is 10.7. The lowest BCUT2D eigenvalue weighted by atomic mass is 10.2. The van der Waals surface area contributed by atoms with Crippen molar-refractivity contribution in [3.63, 3.8) is 0 Å². The Labute approximate surface area is 82.9 Å². The van der Waals surface area contributed by atoms with Crippen LogP contribution in [0.5, 0.6) is 0 Å². The lowest BCUT2D eigenvalue weighted by molar-refractivity contribution is 0.0696. The number of aryl methyl sites for hydroxylation is 1. The minimum atomic E-state index is -0.934. The molecule has 0 unspecified atom stereocenters. The van der Waals surface area contributed by atoms with Gasteiger partial charge in [0.25, 0.3) is 0 Å². The maximum absolute atomic E-state index is 10.7. The summed E-state index contributed by atoms with van der Waals surface area (Å²) in [6.07, 6.45) is 2.42. The third kappa shape index (κ3) is 2.22. The van der Waals surface area contributed by atoms with E-state index < -0.39 is 5.97 Å². The Morgan fingerprint density at radius 1 is 1.71 bits per heavy atom. The topological polar surface area (TPSA) is 55.1 Å². The molecule has 0 aliphatic carbocycles. The van der Waals surface area contributed by atoms with Gasteiger partial charge in [0, 0.05) is 6.20 Å². The number of carbonyl (C=O) groups is 1. The van der Waals surface area contributed by atoms with Gasteiger partial charge in [-0.25, -0.2) is 4.79 Å². The second kappa shape index (κ2) is 4.09. The minimum absolute atomic E-state index is 0.258. The van der Waals surface area contributed by atoms with E-state index in [0.29, 0.717) is 12.2 Å². The van der Waals surface area contributed by atoms with Crippen LogP contribution in [0.1, 0.15) is 29.4 Å². The predicted octanol–water partition coefficient (Wildman–Crippen LogP) is 1.86. The molecule has 0 aliphatic heterocycles. The van der Waals surface area contributed by atoms with Crippen LogP contribution in [0.4, 0.5) is 0 Å². The molecule has 0 fully saturated rings. The molecule has 1 N–H and O–H groups in total. The lowest BCUT2D eigenvalue weighted by Gasteiger charge is -2.01. The van der Waals surface area contributed by atoms with Crippen molar-refractivity contribution in [2.75, 3.05) is 0 Å². The molecule has 14 heavy (non-hydrogen) atoms. The van der Waals surface area contributed by atoms with Crippen LogP contribution in [-0.4, -0.2) is 20.9 Å². The van der Waals surface area contributed by atoms with Crippen molar-refractivity contribution in [1.82, 2.24) is 9.78 Å². The van der Waals surface area contributed by atoms with E-state index >= 15 is 0 Å². The highest BCUT2D eigenvalue weighted by atomic mass is 16.4. The van der Waals surface area contributed by atoms with E-state index in [9.17, 15) is 4.79 Å². The SMILES string of the molecule is C=C(CC)Cn1cc(C(=O)O)c(C)n1. The lowest BCUT2D eigenvalue weighted by Crippen LogP contribution is -2.00. The Balaban J connectivity index is 2.86. The molecular formula is C10H14N2O2. The summed E-state index contributed by atoms with van der Waals surface area (Å²) in [6.45, 7) is 8.13. The number of carboxylic acid groups (broad SMARTS) is 1. The zero-order valence-electron chi connectivity index (χ0n) is 8.45. The molecule has 0 aliphatic rings. The van der Waals surface area contributed by atoms with Gasteiger partial charge in [-0.1, -0.05) is 19.1 Å². The van der Waals surface area contributed by atoms with Gasteiger partial charge in [-0.2, -0.15) is 5.10 Å². The fourth-order valence-corrected chi connectivity index (χ4v) is 1.15. The summed E-state index contributed by atoms with van der Waals surface area (Å²) in [7, 11) is 0. The number of carboxylic acids is 1. The third-order valence-electron chi connectivity index (χ3n) is 2.06. The van der Waals surface area contributed by atoms with E-state index in [1.165, 1.54) is 0 Å². The van der Waals surface area contributed by atoms with Crippen LogP contribution in [0.15, 0.2) is 18.3 Å². The molecule has 4 heteroatoms. The van der Waals surface area contributed by atoms with Crippen molar-refractivity contribution in [1.29, 1.82) is 0 Å². The van der Waals surface area contributed by atoms with E-state index in [-0.39, 0.29) is 5.56 Å². The first-order valence-electron chi connectivity index (χ1n) is 4.48. The molecule has 0 radical (unpaired) electrons. The van der Waals surface area contributed by atoms with Gasteiger partial charge < -0.3 is 5.11 Å². The fourth-order valence-electron chi connectivity index (χ4n) is 1.15. The smallest absolute Gasteiger partial charge is 0.339 e. The third-order valence-corrected chi connectivity index (χ3v) is 2.06. The van der Waals surface area contributed by atoms with E-state index in [4.69, 9.17) is 5.11 Å². The fraction of sp³-hybridized carbons (Fsp3) is 0.400. The Kier molecular flexibility index (Phi) is 3.06. The van der Waals surface area contributed by atoms with Crippen molar-refractivity contribution in [3.05, 3.63) is 29.6 Å². The van der Waals surface area contributed by atoms with Gasteiger partial charge in [-0.05, 0) is 13.3 Å². The van der Waals surface area contributed by atoms with E-state index in [2.05, 4.69) is 11.7 Å². The zero-order chi connectivity index (χ0) is 10.7. The second-order valence-electron chi connectivity index (χ2n) is 3.23. The van der Waals surface area contributed by atoms with Crippen molar-refractivity contribution >= 4 is 5.97 Å².